The van der Waals surface area contributed by atoms with Gasteiger partial charge in [-0.05, 0) is 45.4 Å². The first-order valence-corrected chi connectivity index (χ1v) is 6.59. The Morgan fingerprint density at radius 2 is 1.71 bits per heavy atom. The lowest BCUT2D eigenvalue weighted by Crippen LogP contribution is -2.44. The highest BCUT2D eigenvalue weighted by Crippen LogP contribution is 2.27. The molecule has 0 aliphatic heterocycles. The first-order valence-electron chi connectivity index (χ1n) is 5.80. The van der Waals surface area contributed by atoms with Gasteiger partial charge in [-0.25, -0.2) is 0 Å². The Kier molecular flexibility index (Phi) is 4.36. The van der Waals surface area contributed by atoms with Gasteiger partial charge in [-0.2, -0.15) is 0 Å². The van der Waals surface area contributed by atoms with Gasteiger partial charge in [0, 0.05) is 17.6 Å². The van der Waals surface area contributed by atoms with Crippen molar-refractivity contribution in [2.45, 2.75) is 39.2 Å². The van der Waals surface area contributed by atoms with Gasteiger partial charge in [-0.15, -0.1) is 0 Å². The van der Waals surface area contributed by atoms with Crippen molar-refractivity contribution in [3.63, 3.8) is 0 Å². The van der Waals surface area contributed by atoms with Crippen LogP contribution in [0.3, 0.4) is 0 Å². The predicted molar refractivity (Wildman–Crippen MR) is 75.1 cm³/mol. The molecule has 1 amide bonds. The van der Waals surface area contributed by atoms with Gasteiger partial charge in [0.2, 0.25) is 5.91 Å². The first kappa shape index (κ1) is 14.2. The van der Waals surface area contributed by atoms with Crippen molar-refractivity contribution in [3.8, 4) is 0 Å². The summed E-state index contributed by atoms with van der Waals surface area (Å²) >= 11 is 3.41. The van der Waals surface area contributed by atoms with Crippen molar-refractivity contribution >= 4 is 21.8 Å². The maximum Gasteiger partial charge on any atom is 0.232 e. The van der Waals surface area contributed by atoms with E-state index in [-0.39, 0.29) is 11.9 Å². The fourth-order valence-electron chi connectivity index (χ4n) is 1.67. The molecule has 0 aliphatic carbocycles. The van der Waals surface area contributed by atoms with E-state index in [1.54, 1.807) is 4.90 Å². The molecule has 0 atom stereocenters. The second-order valence-corrected chi connectivity index (χ2v) is 6.06. The quantitative estimate of drug-likeness (QED) is 0.835. The number of carbonyl (C=O) groups is 1. The Balaban J connectivity index is 3.02. The second-order valence-electron chi connectivity index (χ2n) is 5.14. The minimum absolute atomic E-state index is 0.148. The topological polar surface area (TPSA) is 20.3 Å². The van der Waals surface area contributed by atoms with Gasteiger partial charge >= 0.3 is 0 Å². The normalized spacial score (nSPS) is 11.7. The van der Waals surface area contributed by atoms with Crippen molar-refractivity contribution in [2.24, 2.45) is 0 Å². The molecule has 2 nitrogen and oxygen atoms in total. The minimum atomic E-state index is -0.486. The van der Waals surface area contributed by atoms with Gasteiger partial charge in [0.25, 0.3) is 0 Å². The van der Waals surface area contributed by atoms with Gasteiger partial charge in [0.1, 0.15) is 0 Å². The van der Waals surface area contributed by atoms with E-state index in [2.05, 4.69) is 15.9 Å². The lowest BCUT2D eigenvalue weighted by molar-refractivity contribution is -0.136. The Morgan fingerprint density at radius 3 is 2.12 bits per heavy atom. The van der Waals surface area contributed by atoms with Crippen molar-refractivity contribution in [1.29, 1.82) is 0 Å². The highest BCUT2D eigenvalue weighted by Gasteiger charge is 2.33. The van der Waals surface area contributed by atoms with Gasteiger partial charge in [0.15, 0.2) is 0 Å². The molecular weight excluding hydrogens is 278 g/mol. The van der Waals surface area contributed by atoms with Crippen molar-refractivity contribution in [2.75, 3.05) is 7.05 Å². The average Bonchev–Trinajstić information content (AvgIpc) is 2.27. The van der Waals surface area contributed by atoms with Crippen LogP contribution in [0.5, 0.6) is 0 Å². The molecule has 17 heavy (non-hydrogen) atoms. The summed E-state index contributed by atoms with van der Waals surface area (Å²) in [5.41, 5.74) is 0.554. The molecule has 1 aromatic carbocycles. The number of hydrogen-bond donors (Lipinski definition) is 0. The molecule has 0 unspecified atom stereocenters. The molecule has 0 saturated heterocycles. The molecule has 0 bridgehead atoms. The Hall–Kier alpha value is -0.830. The summed E-state index contributed by atoms with van der Waals surface area (Å²) in [6.45, 7) is 7.99. The molecular formula is C14H20BrNO. The second kappa shape index (κ2) is 5.21. The monoisotopic (exact) mass is 297 g/mol. The van der Waals surface area contributed by atoms with Crippen LogP contribution in [0.15, 0.2) is 28.7 Å². The summed E-state index contributed by atoms with van der Waals surface area (Å²) in [6.07, 6.45) is 0. The molecule has 0 N–H and O–H groups in total. The third-order valence-corrected chi connectivity index (χ3v) is 3.72. The summed E-state index contributed by atoms with van der Waals surface area (Å²) in [4.78, 5) is 14.2. The number of hydrogen-bond acceptors (Lipinski definition) is 1. The molecule has 1 rings (SSSR count). The Labute approximate surface area is 112 Å². The molecule has 0 spiro atoms. The zero-order valence-corrected chi connectivity index (χ0v) is 12.7. The van der Waals surface area contributed by atoms with E-state index < -0.39 is 5.41 Å². The lowest BCUT2D eigenvalue weighted by atomic mass is 9.83. The van der Waals surface area contributed by atoms with Crippen molar-refractivity contribution in [3.05, 3.63) is 34.3 Å². The van der Waals surface area contributed by atoms with Crippen LogP contribution in [0.4, 0.5) is 0 Å². The zero-order chi connectivity index (χ0) is 13.2. The van der Waals surface area contributed by atoms with E-state index in [1.807, 2.05) is 59.0 Å². The predicted octanol–water partition coefficient (Wildman–Crippen LogP) is 3.59. The molecule has 0 aromatic heterocycles. The smallest absolute Gasteiger partial charge is 0.232 e. The third kappa shape index (κ3) is 3.09. The Bertz CT molecular complexity index is 395. The Morgan fingerprint density at radius 1 is 1.24 bits per heavy atom. The maximum atomic E-state index is 12.4. The largest absolute Gasteiger partial charge is 0.343 e. The summed E-state index contributed by atoms with van der Waals surface area (Å²) in [7, 11) is 1.85. The van der Waals surface area contributed by atoms with E-state index in [1.165, 1.54) is 0 Å². The number of rotatable bonds is 3. The van der Waals surface area contributed by atoms with E-state index in [0.717, 1.165) is 10.0 Å². The van der Waals surface area contributed by atoms with Crippen LogP contribution >= 0.6 is 15.9 Å². The lowest BCUT2D eigenvalue weighted by Gasteiger charge is -2.32. The van der Waals surface area contributed by atoms with Crippen LogP contribution in [0.2, 0.25) is 0 Å². The number of likely N-dealkylation sites (N-methyl/N-ethyl adjacent to an activating group) is 1. The SMILES string of the molecule is CC(C)N(C)C(=O)C(C)(C)c1ccc(Br)cc1. The van der Waals surface area contributed by atoms with Gasteiger partial charge in [-0.3, -0.25) is 4.79 Å². The minimum Gasteiger partial charge on any atom is -0.343 e. The molecule has 3 heteroatoms. The van der Waals surface area contributed by atoms with Crippen LogP contribution in [0.1, 0.15) is 33.3 Å². The van der Waals surface area contributed by atoms with Crippen LogP contribution < -0.4 is 0 Å². The molecule has 0 heterocycles. The van der Waals surface area contributed by atoms with Gasteiger partial charge in [0.05, 0.1) is 5.41 Å². The average molecular weight is 298 g/mol. The summed E-state index contributed by atoms with van der Waals surface area (Å²) in [5.74, 6) is 0.148. The highest BCUT2D eigenvalue weighted by atomic mass is 79.9. The van der Waals surface area contributed by atoms with E-state index in [9.17, 15) is 4.79 Å². The molecule has 0 fully saturated rings. The molecule has 0 aliphatic rings. The number of nitrogens with zero attached hydrogens (tertiary/aromatic N) is 1. The van der Waals surface area contributed by atoms with Crippen LogP contribution in [0, 0.1) is 0 Å². The fraction of sp³-hybridized carbons (Fsp3) is 0.500. The van der Waals surface area contributed by atoms with E-state index >= 15 is 0 Å². The van der Waals surface area contributed by atoms with Crippen LogP contribution in [-0.2, 0) is 10.2 Å². The first-order chi connectivity index (χ1) is 7.76. The molecule has 0 saturated carbocycles. The van der Waals surface area contributed by atoms with Crippen LogP contribution in [-0.4, -0.2) is 23.9 Å². The molecule has 1 aromatic rings. The van der Waals surface area contributed by atoms with Crippen LogP contribution in [0.25, 0.3) is 0 Å². The van der Waals surface area contributed by atoms with Crippen molar-refractivity contribution in [1.82, 2.24) is 4.90 Å². The third-order valence-electron chi connectivity index (χ3n) is 3.20. The van der Waals surface area contributed by atoms with E-state index in [4.69, 9.17) is 0 Å². The molecule has 94 valence electrons. The highest BCUT2D eigenvalue weighted by molar-refractivity contribution is 9.10. The number of halogens is 1. The maximum absolute atomic E-state index is 12.4. The summed E-state index contributed by atoms with van der Waals surface area (Å²) in [6, 6.07) is 8.16. The van der Waals surface area contributed by atoms with E-state index in [0.29, 0.717) is 0 Å². The fourth-order valence-corrected chi connectivity index (χ4v) is 1.93. The standard InChI is InChI=1S/C14H20BrNO/c1-10(2)16(5)13(17)14(3,4)11-6-8-12(15)9-7-11/h6-10H,1-5H3. The number of amides is 1. The van der Waals surface area contributed by atoms with Gasteiger partial charge in [-0.1, -0.05) is 28.1 Å². The number of benzene rings is 1. The van der Waals surface area contributed by atoms with Crippen molar-refractivity contribution < 1.29 is 4.79 Å². The zero-order valence-electron chi connectivity index (χ0n) is 11.1. The number of carbonyl (C=O) groups excluding carboxylic acids is 1. The van der Waals surface area contributed by atoms with Gasteiger partial charge < -0.3 is 4.90 Å². The summed E-state index contributed by atoms with van der Waals surface area (Å²) in [5, 5.41) is 0. The molecule has 0 radical (unpaired) electrons. The summed E-state index contributed by atoms with van der Waals surface area (Å²) < 4.78 is 1.03.